The fourth-order valence-electron chi connectivity index (χ4n) is 3.48. The lowest BCUT2D eigenvalue weighted by molar-refractivity contribution is -0.146. The van der Waals surface area contributed by atoms with Gasteiger partial charge in [0.05, 0.1) is 26.4 Å². The molecule has 3 aliphatic rings. The maximum absolute atomic E-state index is 12.4. The van der Waals surface area contributed by atoms with Crippen LogP contribution in [-0.4, -0.2) is 56.2 Å². The van der Waals surface area contributed by atoms with Crippen molar-refractivity contribution in [1.29, 1.82) is 0 Å². The molecule has 102 valence electrons. The van der Waals surface area contributed by atoms with Crippen LogP contribution in [0.1, 0.15) is 26.2 Å². The van der Waals surface area contributed by atoms with Crippen LogP contribution in [-0.2, 0) is 14.3 Å². The van der Waals surface area contributed by atoms with Crippen molar-refractivity contribution in [1.82, 2.24) is 4.90 Å². The first-order valence-electron chi connectivity index (χ1n) is 6.97. The summed E-state index contributed by atoms with van der Waals surface area (Å²) in [7, 11) is 2.17. The fraction of sp³-hybridized carbons (Fsp3) is 0.929. The van der Waals surface area contributed by atoms with E-state index in [4.69, 9.17) is 9.47 Å². The highest BCUT2D eigenvalue weighted by Gasteiger charge is 2.42. The number of Topliss-reactive ketones (excluding diaryl/α,β-unsaturated/α-hetero) is 1. The second-order valence-corrected chi connectivity index (χ2v) is 6.63. The molecule has 4 heteroatoms. The SMILES string of the molecule is CN1C2COCC1CC(C(=O)CC1(C)COC1)C2. The summed E-state index contributed by atoms with van der Waals surface area (Å²) >= 11 is 0. The van der Waals surface area contributed by atoms with Gasteiger partial charge in [-0.05, 0) is 19.9 Å². The second kappa shape index (κ2) is 4.58. The molecule has 0 saturated carbocycles. The summed E-state index contributed by atoms with van der Waals surface area (Å²) < 4.78 is 10.8. The largest absolute Gasteiger partial charge is 0.380 e. The van der Waals surface area contributed by atoms with E-state index in [1.54, 1.807) is 0 Å². The second-order valence-electron chi connectivity index (χ2n) is 6.63. The lowest BCUT2D eigenvalue weighted by Crippen LogP contribution is -2.56. The van der Waals surface area contributed by atoms with Crippen LogP contribution in [0.25, 0.3) is 0 Å². The van der Waals surface area contributed by atoms with E-state index in [9.17, 15) is 4.79 Å². The van der Waals surface area contributed by atoms with Crippen LogP contribution in [0.3, 0.4) is 0 Å². The molecule has 3 heterocycles. The van der Waals surface area contributed by atoms with E-state index in [0.29, 0.717) is 24.3 Å². The Morgan fingerprint density at radius 3 is 2.33 bits per heavy atom. The third-order valence-corrected chi connectivity index (χ3v) is 4.84. The maximum atomic E-state index is 12.4. The molecule has 3 fully saturated rings. The molecule has 2 atom stereocenters. The zero-order valence-electron chi connectivity index (χ0n) is 11.4. The van der Waals surface area contributed by atoms with E-state index in [1.807, 2.05) is 0 Å². The Morgan fingerprint density at radius 2 is 1.83 bits per heavy atom. The minimum absolute atomic E-state index is 0.117. The van der Waals surface area contributed by atoms with Crippen molar-refractivity contribution in [2.24, 2.45) is 11.3 Å². The van der Waals surface area contributed by atoms with Crippen LogP contribution in [0.2, 0.25) is 0 Å². The first-order valence-corrected chi connectivity index (χ1v) is 6.97. The first-order chi connectivity index (χ1) is 8.57. The number of carbonyl (C=O) groups is 1. The number of hydrogen-bond donors (Lipinski definition) is 0. The van der Waals surface area contributed by atoms with E-state index in [-0.39, 0.29) is 11.3 Å². The molecule has 2 bridgehead atoms. The lowest BCUT2D eigenvalue weighted by atomic mass is 9.75. The average Bonchev–Trinajstić information content (AvgIpc) is 2.26. The van der Waals surface area contributed by atoms with E-state index in [2.05, 4.69) is 18.9 Å². The summed E-state index contributed by atoms with van der Waals surface area (Å²) in [5.74, 6) is 0.698. The molecule has 3 aliphatic heterocycles. The Bertz CT molecular complexity index is 326. The number of rotatable bonds is 3. The molecule has 0 spiro atoms. The molecule has 0 aliphatic carbocycles. The van der Waals surface area contributed by atoms with Crippen LogP contribution in [0.15, 0.2) is 0 Å². The summed E-state index contributed by atoms with van der Waals surface area (Å²) in [5.41, 5.74) is 0.117. The van der Waals surface area contributed by atoms with Gasteiger partial charge in [-0.3, -0.25) is 9.69 Å². The average molecular weight is 253 g/mol. The van der Waals surface area contributed by atoms with Crippen molar-refractivity contribution in [2.45, 2.75) is 38.3 Å². The number of morpholine rings is 1. The van der Waals surface area contributed by atoms with Gasteiger partial charge in [0, 0.05) is 29.8 Å². The smallest absolute Gasteiger partial charge is 0.136 e. The number of fused-ring (bicyclic) bond motifs is 2. The van der Waals surface area contributed by atoms with E-state index < -0.39 is 0 Å². The summed E-state index contributed by atoms with van der Waals surface area (Å²) in [6.45, 7) is 5.24. The molecule has 3 rings (SSSR count). The topological polar surface area (TPSA) is 38.8 Å². The van der Waals surface area contributed by atoms with Crippen molar-refractivity contribution in [3.63, 3.8) is 0 Å². The van der Waals surface area contributed by atoms with Crippen LogP contribution in [0, 0.1) is 11.3 Å². The van der Waals surface area contributed by atoms with Gasteiger partial charge in [0.1, 0.15) is 5.78 Å². The molecule has 0 aromatic carbocycles. The normalized spacial score (nSPS) is 39.1. The number of likely N-dealkylation sites (N-methyl/N-ethyl adjacent to an activating group) is 1. The maximum Gasteiger partial charge on any atom is 0.136 e. The molecule has 18 heavy (non-hydrogen) atoms. The Balaban J connectivity index is 1.61. The van der Waals surface area contributed by atoms with Gasteiger partial charge in [-0.15, -0.1) is 0 Å². The summed E-state index contributed by atoms with van der Waals surface area (Å²) in [6, 6.07) is 0.883. The number of nitrogens with zero attached hydrogens (tertiary/aromatic N) is 1. The monoisotopic (exact) mass is 253 g/mol. The quantitative estimate of drug-likeness (QED) is 0.755. The van der Waals surface area contributed by atoms with Crippen molar-refractivity contribution < 1.29 is 14.3 Å². The van der Waals surface area contributed by atoms with Crippen LogP contribution < -0.4 is 0 Å². The van der Waals surface area contributed by atoms with Crippen LogP contribution >= 0.6 is 0 Å². The highest BCUT2D eigenvalue weighted by Crippen LogP contribution is 2.36. The minimum Gasteiger partial charge on any atom is -0.380 e. The van der Waals surface area contributed by atoms with Gasteiger partial charge in [0.2, 0.25) is 0 Å². The first kappa shape index (κ1) is 12.6. The molecule has 0 aromatic rings. The summed E-state index contributed by atoms with van der Waals surface area (Å²) in [6.07, 6.45) is 2.65. The van der Waals surface area contributed by atoms with Gasteiger partial charge < -0.3 is 9.47 Å². The van der Waals surface area contributed by atoms with Gasteiger partial charge >= 0.3 is 0 Å². The Hall–Kier alpha value is -0.450. The van der Waals surface area contributed by atoms with Gasteiger partial charge in [0.25, 0.3) is 0 Å². The number of piperidine rings is 1. The van der Waals surface area contributed by atoms with E-state index in [0.717, 1.165) is 39.3 Å². The van der Waals surface area contributed by atoms with Crippen LogP contribution in [0.5, 0.6) is 0 Å². The summed E-state index contributed by atoms with van der Waals surface area (Å²) in [5, 5.41) is 0. The molecule has 2 unspecified atom stereocenters. The molecule has 0 radical (unpaired) electrons. The Kier molecular flexibility index (Phi) is 3.20. The van der Waals surface area contributed by atoms with Gasteiger partial charge in [-0.1, -0.05) is 6.92 Å². The molecule has 0 aromatic heterocycles. The number of carbonyl (C=O) groups excluding carboxylic acids is 1. The Labute approximate surface area is 109 Å². The molecular weight excluding hydrogens is 230 g/mol. The predicted octanol–water partition coefficient (Wildman–Crippen LogP) is 1.09. The van der Waals surface area contributed by atoms with Gasteiger partial charge in [-0.2, -0.15) is 0 Å². The van der Waals surface area contributed by atoms with Crippen molar-refractivity contribution >= 4 is 5.78 Å². The molecule has 0 amide bonds. The molecule has 4 nitrogen and oxygen atoms in total. The predicted molar refractivity (Wildman–Crippen MR) is 67.4 cm³/mol. The highest BCUT2D eigenvalue weighted by molar-refractivity contribution is 5.82. The van der Waals surface area contributed by atoms with Crippen molar-refractivity contribution in [3.05, 3.63) is 0 Å². The molecule has 0 N–H and O–H groups in total. The minimum atomic E-state index is 0.117. The number of ether oxygens (including phenoxy) is 2. The fourth-order valence-corrected chi connectivity index (χ4v) is 3.48. The van der Waals surface area contributed by atoms with Gasteiger partial charge in [-0.25, -0.2) is 0 Å². The van der Waals surface area contributed by atoms with Crippen molar-refractivity contribution in [2.75, 3.05) is 33.5 Å². The van der Waals surface area contributed by atoms with Gasteiger partial charge in [0.15, 0.2) is 0 Å². The standard InChI is InChI=1S/C14H23NO3/c1-14(8-18-9-14)5-13(16)10-3-11-6-17-7-12(4-10)15(11)2/h10-12H,3-9H2,1-2H3. The molecular formula is C14H23NO3. The Morgan fingerprint density at radius 1 is 1.22 bits per heavy atom. The van der Waals surface area contributed by atoms with E-state index >= 15 is 0 Å². The zero-order valence-corrected chi connectivity index (χ0v) is 11.4. The zero-order chi connectivity index (χ0) is 12.8. The third-order valence-electron chi connectivity index (χ3n) is 4.84. The third kappa shape index (κ3) is 2.22. The van der Waals surface area contributed by atoms with Crippen LogP contribution in [0.4, 0.5) is 0 Å². The number of hydrogen-bond acceptors (Lipinski definition) is 4. The van der Waals surface area contributed by atoms with E-state index in [1.165, 1.54) is 0 Å². The van der Waals surface area contributed by atoms with Crippen molar-refractivity contribution in [3.8, 4) is 0 Å². The molecule has 3 saturated heterocycles. The highest BCUT2D eigenvalue weighted by atomic mass is 16.5. The lowest BCUT2D eigenvalue weighted by Gasteiger charge is -2.47. The number of ketones is 1. The summed E-state index contributed by atoms with van der Waals surface area (Å²) in [4.78, 5) is 14.8.